The van der Waals surface area contributed by atoms with Gasteiger partial charge in [0.1, 0.15) is 5.78 Å². The van der Waals surface area contributed by atoms with E-state index in [0.29, 0.717) is 12.2 Å². The molecule has 0 N–H and O–H groups in total. The molecule has 17 heavy (non-hydrogen) atoms. The van der Waals surface area contributed by atoms with Crippen LogP contribution in [0.25, 0.3) is 0 Å². The molecule has 96 valence electrons. The third-order valence-electron chi connectivity index (χ3n) is 2.71. The van der Waals surface area contributed by atoms with Crippen molar-refractivity contribution < 1.29 is 4.79 Å². The lowest BCUT2D eigenvalue weighted by atomic mass is 9.88. The van der Waals surface area contributed by atoms with Gasteiger partial charge in [-0.3, -0.25) is 9.48 Å². The Labute approximate surface area is 103 Å². The summed E-state index contributed by atoms with van der Waals surface area (Å²) in [7, 11) is 0. The third kappa shape index (κ3) is 4.67. The second-order valence-corrected chi connectivity index (χ2v) is 5.50. The highest BCUT2D eigenvalue weighted by Crippen LogP contribution is 2.18. The highest BCUT2D eigenvalue weighted by molar-refractivity contribution is 5.83. The van der Waals surface area contributed by atoms with Gasteiger partial charge >= 0.3 is 0 Å². The van der Waals surface area contributed by atoms with Gasteiger partial charge in [0, 0.05) is 24.6 Å². The van der Waals surface area contributed by atoms with Crippen LogP contribution in [0.4, 0.5) is 0 Å². The third-order valence-corrected chi connectivity index (χ3v) is 2.71. The molecule has 1 heterocycles. The first-order valence-electron chi connectivity index (χ1n) is 6.36. The summed E-state index contributed by atoms with van der Waals surface area (Å²) in [6.07, 6.45) is 5.37. The van der Waals surface area contributed by atoms with Gasteiger partial charge < -0.3 is 0 Å². The standard InChI is InChI=1S/C13H23N3O/c1-5-9-16-10-11(14-15-16)7-6-8-12(17)13(2,3)4/h10H,5-9H2,1-4H3. The normalized spacial score (nSPS) is 11.8. The van der Waals surface area contributed by atoms with Crippen LogP contribution < -0.4 is 0 Å². The molecule has 0 spiro atoms. The van der Waals surface area contributed by atoms with Crippen LogP contribution in [0.3, 0.4) is 0 Å². The van der Waals surface area contributed by atoms with Gasteiger partial charge in [0.2, 0.25) is 0 Å². The second-order valence-electron chi connectivity index (χ2n) is 5.50. The van der Waals surface area contributed by atoms with E-state index in [0.717, 1.165) is 31.5 Å². The van der Waals surface area contributed by atoms with E-state index in [2.05, 4.69) is 17.2 Å². The molecule has 1 aromatic heterocycles. The number of hydrogen-bond acceptors (Lipinski definition) is 3. The highest BCUT2D eigenvalue weighted by atomic mass is 16.1. The number of nitrogens with zero attached hydrogens (tertiary/aromatic N) is 3. The first-order valence-corrected chi connectivity index (χ1v) is 6.36. The lowest BCUT2D eigenvalue weighted by Crippen LogP contribution is -2.19. The molecule has 0 bridgehead atoms. The molecule has 0 aliphatic carbocycles. The molecule has 0 saturated carbocycles. The summed E-state index contributed by atoms with van der Waals surface area (Å²) in [6.45, 7) is 8.92. The van der Waals surface area contributed by atoms with Crippen molar-refractivity contribution in [3.8, 4) is 0 Å². The van der Waals surface area contributed by atoms with Gasteiger partial charge in [0.05, 0.1) is 5.69 Å². The number of carbonyl (C=O) groups excluding carboxylic acids is 1. The monoisotopic (exact) mass is 237 g/mol. The van der Waals surface area contributed by atoms with Crippen LogP contribution >= 0.6 is 0 Å². The van der Waals surface area contributed by atoms with Gasteiger partial charge in [0.25, 0.3) is 0 Å². The highest BCUT2D eigenvalue weighted by Gasteiger charge is 2.20. The van der Waals surface area contributed by atoms with Gasteiger partial charge in [-0.25, -0.2) is 0 Å². The van der Waals surface area contributed by atoms with Crippen LogP contribution in [0.15, 0.2) is 6.20 Å². The maximum Gasteiger partial charge on any atom is 0.138 e. The summed E-state index contributed by atoms with van der Waals surface area (Å²) < 4.78 is 1.86. The first kappa shape index (κ1) is 13.9. The van der Waals surface area contributed by atoms with Crippen molar-refractivity contribution in [2.24, 2.45) is 5.41 Å². The Morgan fingerprint density at radius 3 is 2.71 bits per heavy atom. The Kier molecular flexibility index (Phi) is 4.85. The maximum atomic E-state index is 11.7. The quantitative estimate of drug-likeness (QED) is 0.764. The predicted molar refractivity (Wildman–Crippen MR) is 67.7 cm³/mol. The van der Waals surface area contributed by atoms with Crippen LogP contribution in [0.1, 0.15) is 52.7 Å². The van der Waals surface area contributed by atoms with E-state index in [1.807, 2.05) is 31.6 Å². The second kappa shape index (κ2) is 5.94. The topological polar surface area (TPSA) is 47.8 Å². The molecule has 0 aromatic carbocycles. The summed E-state index contributed by atoms with van der Waals surface area (Å²) >= 11 is 0. The minimum atomic E-state index is -0.222. The smallest absolute Gasteiger partial charge is 0.138 e. The lowest BCUT2D eigenvalue weighted by molar-refractivity contribution is -0.126. The molecule has 0 atom stereocenters. The van der Waals surface area contributed by atoms with E-state index in [-0.39, 0.29) is 5.41 Å². The number of rotatable bonds is 6. The average molecular weight is 237 g/mol. The number of aryl methyl sites for hydroxylation is 2. The van der Waals surface area contributed by atoms with Crippen molar-refractivity contribution >= 4 is 5.78 Å². The van der Waals surface area contributed by atoms with Crippen LogP contribution in [0, 0.1) is 5.41 Å². The molecule has 4 heteroatoms. The fourth-order valence-electron chi connectivity index (χ4n) is 1.60. The molecule has 0 aliphatic heterocycles. The Hall–Kier alpha value is -1.19. The molecular formula is C13H23N3O. The number of hydrogen-bond donors (Lipinski definition) is 0. The fourth-order valence-corrected chi connectivity index (χ4v) is 1.60. The van der Waals surface area contributed by atoms with Crippen molar-refractivity contribution in [3.05, 3.63) is 11.9 Å². The van der Waals surface area contributed by atoms with E-state index in [1.54, 1.807) is 0 Å². The van der Waals surface area contributed by atoms with Crippen LogP contribution in [0.5, 0.6) is 0 Å². The van der Waals surface area contributed by atoms with Crippen molar-refractivity contribution in [2.75, 3.05) is 0 Å². The molecule has 0 fully saturated rings. The van der Waals surface area contributed by atoms with Crippen molar-refractivity contribution in [1.29, 1.82) is 0 Å². The molecule has 0 radical (unpaired) electrons. The molecule has 0 unspecified atom stereocenters. The van der Waals surface area contributed by atoms with Crippen LogP contribution in [-0.2, 0) is 17.8 Å². The summed E-state index contributed by atoms with van der Waals surface area (Å²) in [5.41, 5.74) is 0.764. The molecule has 4 nitrogen and oxygen atoms in total. The fraction of sp³-hybridized carbons (Fsp3) is 0.769. The summed E-state index contributed by atoms with van der Waals surface area (Å²) in [5, 5.41) is 8.13. The van der Waals surface area contributed by atoms with Gasteiger partial charge in [-0.05, 0) is 19.3 Å². The minimum Gasteiger partial charge on any atom is -0.299 e. The van der Waals surface area contributed by atoms with Crippen molar-refractivity contribution in [3.63, 3.8) is 0 Å². The molecule has 1 aromatic rings. The van der Waals surface area contributed by atoms with Gasteiger partial charge in [-0.1, -0.05) is 32.9 Å². The lowest BCUT2D eigenvalue weighted by Gasteiger charge is -2.15. The first-order chi connectivity index (χ1) is 7.93. The number of aromatic nitrogens is 3. The zero-order valence-corrected chi connectivity index (χ0v) is 11.4. The zero-order chi connectivity index (χ0) is 12.9. The number of carbonyl (C=O) groups is 1. The summed E-state index contributed by atoms with van der Waals surface area (Å²) in [5.74, 6) is 0.318. The molecular weight excluding hydrogens is 214 g/mol. The van der Waals surface area contributed by atoms with Crippen LogP contribution in [-0.4, -0.2) is 20.8 Å². The molecule has 0 aliphatic rings. The predicted octanol–water partition coefficient (Wildman–Crippen LogP) is 2.63. The Morgan fingerprint density at radius 2 is 2.12 bits per heavy atom. The van der Waals surface area contributed by atoms with Crippen molar-refractivity contribution in [1.82, 2.24) is 15.0 Å². The molecule has 1 rings (SSSR count). The average Bonchev–Trinajstić information content (AvgIpc) is 2.65. The van der Waals surface area contributed by atoms with Gasteiger partial charge in [-0.15, -0.1) is 5.10 Å². The minimum absolute atomic E-state index is 0.222. The largest absolute Gasteiger partial charge is 0.299 e. The Balaban J connectivity index is 2.33. The van der Waals surface area contributed by atoms with E-state index in [4.69, 9.17) is 0 Å². The zero-order valence-electron chi connectivity index (χ0n) is 11.4. The SMILES string of the molecule is CCCn1cc(CCCC(=O)C(C)(C)C)nn1. The Bertz CT molecular complexity index is 363. The molecule has 0 amide bonds. The van der Waals surface area contributed by atoms with Gasteiger partial charge in [-0.2, -0.15) is 0 Å². The van der Waals surface area contributed by atoms with E-state index < -0.39 is 0 Å². The summed E-state index contributed by atoms with van der Waals surface area (Å²) in [6, 6.07) is 0. The van der Waals surface area contributed by atoms with E-state index >= 15 is 0 Å². The van der Waals surface area contributed by atoms with Gasteiger partial charge in [0.15, 0.2) is 0 Å². The number of Topliss-reactive ketones (excluding diaryl/α,β-unsaturated/α-hetero) is 1. The Morgan fingerprint density at radius 1 is 1.41 bits per heavy atom. The van der Waals surface area contributed by atoms with E-state index in [1.165, 1.54) is 0 Å². The maximum absolute atomic E-state index is 11.7. The number of ketones is 1. The summed E-state index contributed by atoms with van der Waals surface area (Å²) in [4.78, 5) is 11.7. The van der Waals surface area contributed by atoms with E-state index in [9.17, 15) is 4.79 Å². The molecule has 0 saturated heterocycles. The van der Waals surface area contributed by atoms with Crippen molar-refractivity contribution in [2.45, 2.75) is 59.9 Å². The van der Waals surface area contributed by atoms with Crippen LogP contribution in [0.2, 0.25) is 0 Å².